The lowest BCUT2D eigenvalue weighted by Crippen LogP contribution is -2.40. The van der Waals surface area contributed by atoms with Gasteiger partial charge in [0.05, 0.1) is 12.1 Å². The van der Waals surface area contributed by atoms with Crippen molar-refractivity contribution in [3.8, 4) is 0 Å². The number of pyridine rings is 1. The second kappa shape index (κ2) is 6.20. The number of halogens is 7. The number of hydrogen-bond donors (Lipinski definition) is 0. The second-order valence-electron chi connectivity index (χ2n) is 6.85. The van der Waals surface area contributed by atoms with E-state index in [0.717, 1.165) is 17.2 Å². The van der Waals surface area contributed by atoms with Crippen LogP contribution in [0, 0.1) is 6.85 Å². The molecule has 1 atom stereocenters. The molecule has 0 amide bonds. The summed E-state index contributed by atoms with van der Waals surface area (Å²) >= 11 is 0. The first kappa shape index (κ1) is 16.2. The molecule has 156 valence electrons. The van der Waals surface area contributed by atoms with Gasteiger partial charge in [-0.2, -0.15) is 22.0 Å². The highest BCUT2D eigenvalue weighted by molar-refractivity contribution is 6.00. The molecule has 1 spiro atoms. The number of fused-ring (bicyclic) bond motifs is 3. The molecule has 29 heavy (non-hydrogen) atoms. The van der Waals surface area contributed by atoms with Gasteiger partial charge in [-0.1, -0.05) is 0 Å². The minimum atomic E-state index is -4.89. The number of amidine groups is 1. The maximum Gasteiger partial charge on any atom is 0.417 e. The number of hydrogen-bond acceptors (Lipinski definition) is 4. The van der Waals surface area contributed by atoms with E-state index in [1.807, 2.05) is 0 Å². The van der Waals surface area contributed by atoms with Gasteiger partial charge >= 0.3 is 12.8 Å². The van der Waals surface area contributed by atoms with E-state index >= 15 is 0 Å². The third-order valence-electron chi connectivity index (χ3n) is 5.04. The molecule has 1 aliphatic carbocycles. The molecule has 1 aromatic heterocycles. The molecule has 0 radical (unpaired) electrons. The molecule has 1 aromatic rings. The zero-order valence-electron chi connectivity index (χ0n) is 17.4. The Hall–Kier alpha value is -2.59. The van der Waals surface area contributed by atoms with Gasteiger partial charge in [-0.15, -0.1) is 0 Å². The Labute approximate surface area is 164 Å². The minimum absolute atomic E-state index is 0.227. The Morgan fingerprint density at radius 3 is 2.69 bits per heavy atom. The Morgan fingerprint density at radius 1 is 1.28 bits per heavy atom. The van der Waals surface area contributed by atoms with E-state index in [4.69, 9.17) is 4.11 Å². The standard InChI is InChI=1S/C18H14F7N3O/c1-9-13-11(2-5-26-9)16(3-4-17(13,21)22)8-28-7-10(18(23,24)25)6-12(14(28)27-16)29-15(19)20/h2,5-7,15H,3-4,8H2,1H3/t16-/m1/s1/i1D3. The summed E-state index contributed by atoms with van der Waals surface area (Å²) in [4.78, 5) is 8.75. The monoisotopic (exact) mass is 424 g/mol. The highest BCUT2D eigenvalue weighted by Crippen LogP contribution is 2.52. The summed E-state index contributed by atoms with van der Waals surface area (Å²) in [6.07, 6.45) is -4.12. The van der Waals surface area contributed by atoms with Crippen LogP contribution in [0.1, 0.15) is 33.8 Å². The highest BCUT2D eigenvalue weighted by Gasteiger charge is 2.53. The molecule has 2 aliphatic heterocycles. The molecule has 0 saturated carbocycles. The smallest absolute Gasteiger partial charge is 0.417 e. The average molecular weight is 424 g/mol. The van der Waals surface area contributed by atoms with Crippen LogP contribution in [0.25, 0.3) is 0 Å². The Kier molecular flexibility index (Phi) is 3.47. The van der Waals surface area contributed by atoms with Gasteiger partial charge in [0.25, 0.3) is 5.92 Å². The molecule has 3 heterocycles. The van der Waals surface area contributed by atoms with Crippen LogP contribution < -0.4 is 0 Å². The largest absolute Gasteiger partial charge is 0.431 e. The topological polar surface area (TPSA) is 37.7 Å². The van der Waals surface area contributed by atoms with Crippen molar-refractivity contribution in [3.63, 3.8) is 0 Å². The number of aliphatic imine (C=N–C) groups is 1. The molecule has 0 saturated heterocycles. The van der Waals surface area contributed by atoms with Gasteiger partial charge in [0.1, 0.15) is 5.54 Å². The third kappa shape index (κ3) is 3.16. The summed E-state index contributed by atoms with van der Waals surface area (Å²) in [5, 5.41) is 0. The third-order valence-corrected chi connectivity index (χ3v) is 5.04. The lowest BCUT2D eigenvalue weighted by atomic mass is 9.75. The summed E-state index contributed by atoms with van der Waals surface area (Å²) in [5.41, 5.74) is -4.82. The molecule has 11 heteroatoms. The van der Waals surface area contributed by atoms with Crippen LogP contribution in [0.15, 0.2) is 40.9 Å². The SMILES string of the molecule is [2H]C([2H])([2H])c1nccc2c1C(F)(F)CC[C@@]21CN2C=C(C(F)(F)F)C=C(OC(F)F)C2=N1. The van der Waals surface area contributed by atoms with E-state index in [-0.39, 0.29) is 17.8 Å². The molecular weight excluding hydrogens is 407 g/mol. The minimum Gasteiger partial charge on any atom is -0.431 e. The molecule has 0 unspecified atom stereocenters. The lowest BCUT2D eigenvalue weighted by Gasteiger charge is -2.37. The molecule has 0 aromatic carbocycles. The van der Waals surface area contributed by atoms with Gasteiger partial charge in [0, 0.05) is 34.2 Å². The summed E-state index contributed by atoms with van der Waals surface area (Å²) < 4.78 is 122. The van der Waals surface area contributed by atoms with Crippen molar-refractivity contribution in [1.82, 2.24) is 9.88 Å². The zero-order chi connectivity index (χ0) is 23.7. The second-order valence-corrected chi connectivity index (χ2v) is 6.85. The molecule has 0 bridgehead atoms. The van der Waals surface area contributed by atoms with Crippen LogP contribution in [-0.4, -0.2) is 35.1 Å². The first-order chi connectivity index (χ1) is 14.6. The van der Waals surface area contributed by atoms with Crippen molar-refractivity contribution in [2.45, 2.75) is 43.9 Å². The number of alkyl halides is 7. The highest BCUT2D eigenvalue weighted by atomic mass is 19.4. The number of rotatable bonds is 2. The number of nitrogens with zero attached hydrogens (tertiary/aromatic N) is 3. The summed E-state index contributed by atoms with van der Waals surface area (Å²) in [7, 11) is 0. The van der Waals surface area contributed by atoms with Crippen LogP contribution in [-0.2, 0) is 16.2 Å². The lowest BCUT2D eigenvalue weighted by molar-refractivity contribution is -0.0981. The predicted molar refractivity (Wildman–Crippen MR) is 87.2 cm³/mol. The van der Waals surface area contributed by atoms with E-state index in [1.165, 1.54) is 0 Å². The van der Waals surface area contributed by atoms with Crippen molar-refractivity contribution in [2.24, 2.45) is 4.99 Å². The summed E-state index contributed by atoms with van der Waals surface area (Å²) in [6.45, 7) is -6.84. The maximum absolute atomic E-state index is 14.8. The van der Waals surface area contributed by atoms with Crippen LogP contribution in [0.3, 0.4) is 0 Å². The number of aryl methyl sites for hydroxylation is 1. The Balaban J connectivity index is 1.89. The maximum atomic E-state index is 14.8. The molecule has 0 fully saturated rings. The van der Waals surface area contributed by atoms with Gasteiger partial charge in [-0.3, -0.25) is 9.98 Å². The van der Waals surface area contributed by atoms with E-state index in [1.54, 1.807) is 0 Å². The van der Waals surface area contributed by atoms with Crippen LogP contribution in [0.2, 0.25) is 0 Å². The molecular formula is C18H14F7N3O. The van der Waals surface area contributed by atoms with Gasteiger partial charge in [-0.25, -0.2) is 8.78 Å². The van der Waals surface area contributed by atoms with Gasteiger partial charge < -0.3 is 9.64 Å². The van der Waals surface area contributed by atoms with Crippen LogP contribution in [0.4, 0.5) is 30.7 Å². The van der Waals surface area contributed by atoms with Gasteiger partial charge in [0.15, 0.2) is 11.6 Å². The molecule has 0 N–H and O–H groups in total. The van der Waals surface area contributed by atoms with E-state index in [2.05, 4.69) is 14.7 Å². The fourth-order valence-electron chi connectivity index (χ4n) is 3.83. The van der Waals surface area contributed by atoms with E-state index in [0.29, 0.717) is 12.3 Å². The van der Waals surface area contributed by atoms with Crippen molar-refractivity contribution in [2.75, 3.05) is 6.54 Å². The van der Waals surface area contributed by atoms with E-state index < -0.39 is 66.7 Å². The quantitative estimate of drug-likeness (QED) is 0.642. The zero-order valence-corrected chi connectivity index (χ0v) is 14.4. The van der Waals surface area contributed by atoms with Crippen LogP contribution >= 0.6 is 0 Å². The molecule has 4 rings (SSSR count). The molecule has 3 aliphatic rings. The van der Waals surface area contributed by atoms with Crippen molar-refractivity contribution in [3.05, 3.63) is 52.7 Å². The number of allylic oxidation sites excluding steroid dienone is 2. The fraction of sp³-hybridized carbons (Fsp3) is 0.444. The van der Waals surface area contributed by atoms with E-state index in [9.17, 15) is 30.7 Å². The Bertz CT molecular complexity index is 1050. The Morgan fingerprint density at radius 2 is 2.03 bits per heavy atom. The number of aromatic nitrogens is 1. The van der Waals surface area contributed by atoms with Crippen molar-refractivity contribution in [1.29, 1.82) is 0 Å². The first-order valence-corrected chi connectivity index (χ1v) is 8.35. The van der Waals surface area contributed by atoms with Crippen LogP contribution in [0.5, 0.6) is 0 Å². The summed E-state index contributed by atoms with van der Waals surface area (Å²) in [6, 6.07) is 1.13. The normalized spacial score (nSPS) is 27.4. The van der Waals surface area contributed by atoms with Gasteiger partial charge in [-0.05, 0) is 31.0 Å². The predicted octanol–water partition coefficient (Wildman–Crippen LogP) is 4.77. The number of ether oxygens (including phenoxy) is 1. The molecule has 4 nitrogen and oxygen atoms in total. The average Bonchev–Trinajstić information content (AvgIpc) is 3.03. The van der Waals surface area contributed by atoms with Crippen molar-refractivity contribution < 1.29 is 39.6 Å². The van der Waals surface area contributed by atoms with Gasteiger partial charge in [0.2, 0.25) is 0 Å². The first-order valence-electron chi connectivity index (χ1n) is 9.85. The summed E-state index contributed by atoms with van der Waals surface area (Å²) in [5.74, 6) is -4.83. The fourth-order valence-corrected chi connectivity index (χ4v) is 3.83. The van der Waals surface area contributed by atoms with Crippen molar-refractivity contribution >= 4 is 5.84 Å².